The second-order valence-electron chi connectivity index (χ2n) is 3.41. The highest BCUT2D eigenvalue weighted by molar-refractivity contribution is 6.05. The Morgan fingerprint density at radius 1 is 1.53 bits per heavy atom. The minimum Gasteiger partial charge on any atom is -0.313 e. The Kier molecular flexibility index (Phi) is 2.15. The second kappa shape index (κ2) is 3.34. The van der Waals surface area contributed by atoms with Gasteiger partial charge in [-0.2, -0.15) is 0 Å². The van der Waals surface area contributed by atoms with E-state index < -0.39 is 6.04 Å². The van der Waals surface area contributed by atoms with E-state index in [2.05, 4.69) is 5.32 Å². The molecular formula is C10H10FN3O. The van der Waals surface area contributed by atoms with Crippen LogP contribution in [0.2, 0.25) is 0 Å². The van der Waals surface area contributed by atoms with E-state index in [0.29, 0.717) is 5.56 Å². The van der Waals surface area contributed by atoms with E-state index in [1.807, 2.05) is 0 Å². The number of urea groups is 1. The summed E-state index contributed by atoms with van der Waals surface area (Å²) in [4.78, 5) is 12.6. The number of nitrogens with zero attached hydrogens (tertiary/aromatic N) is 1. The molecule has 1 aliphatic heterocycles. The number of amides is 2. The van der Waals surface area contributed by atoms with Gasteiger partial charge < -0.3 is 4.90 Å². The summed E-state index contributed by atoms with van der Waals surface area (Å²) in [6.45, 7) is 0. The summed E-state index contributed by atoms with van der Waals surface area (Å²) in [5, 5.41) is 9.96. The van der Waals surface area contributed by atoms with Gasteiger partial charge in [0.25, 0.3) is 0 Å². The lowest BCUT2D eigenvalue weighted by Gasteiger charge is -2.17. The smallest absolute Gasteiger partial charge is 0.313 e. The van der Waals surface area contributed by atoms with Crippen molar-refractivity contribution in [2.45, 2.75) is 6.04 Å². The summed E-state index contributed by atoms with van der Waals surface area (Å²) < 4.78 is 13.0. The standard InChI is InChI=1S/C10H10FN3O/c1-14-8(9(12)13-10(14)15)6-3-2-4-7(11)5-6/h2-5,8H,1H3,(H2,12,13,15). The van der Waals surface area contributed by atoms with Crippen LogP contribution < -0.4 is 5.32 Å². The van der Waals surface area contributed by atoms with Gasteiger partial charge in [0.05, 0.1) is 0 Å². The fourth-order valence-electron chi connectivity index (χ4n) is 1.65. The maximum atomic E-state index is 13.0. The van der Waals surface area contributed by atoms with Crippen LogP contribution in [0.3, 0.4) is 0 Å². The molecule has 1 unspecified atom stereocenters. The van der Waals surface area contributed by atoms with E-state index in [4.69, 9.17) is 5.41 Å². The molecule has 1 saturated heterocycles. The zero-order valence-electron chi connectivity index (χ0n) is 8.12. The molecule has 1 fully saturated rings. The van der Waals surface area contributed by atoms with Crippen LogP contribution in [0, 0.1) is 11.2 Å². The number of carbonyl (C=O) groups is 1. The van der Waals surface area contributed by atoms with Gasteiger partial charge in [0, 0.05) is 7.05 Å². The van der Waals surface area contributed by atoms with Crippen molar-refractivity contribution in [3.8, 4) is 0 Å². The first-order chi connectivity index (χ1) is 7.09. The molecule has 2 rings (SSSR count). The molecule has 1 aromatic carbocycles. The Morgan fingerprint density at radius 3 is 2.80 bits per heavy atom. The zero-order chi connectivity index (χ0) is 11.0. The first kappa shape index (κ1) is 9.64. The fraction of sp³-hybridized carbons (Fsp3) is 0.200. The highest BCUT2D eigenvalue weighted by Crippen LogP contribution is 2.24. The van der Waals surface area contributed by atoms with Gasteiger partial charge in [-0.15, -0.1) is 0 Å². The molecule has 1 aliphatic rings. The normalized spacial score (nSPS) is 20.7. The minimum absolute atomic E-state index is 0.0769. The summed E-state index contributed by atoms with van der Waals surface area (Å²) in [5.74, 6) is -0.291. The van der Waals surface area contributed by atoms with E-state index in [9.17, 15) is 9.18 Å². The lowest BCUT2D eigenvalue weighted by atomic mass is 10.1. The minimum atomic E-state index is -0.506. The van der Waals surface area contributed by atoms with Gasteiger partial charge >= 0.3 is 6.03 Å². The van der Waals surface area contributed by atoms with Crippen LogP contribution in [0.1, 0.15) is 11.6 Å². The van der Waals surface area contributed by atoms with Gasteiger partial charge in [0.1, 0.15) is 17.7 Å². The number of likely N-dealkylation sites (N-methyl/N-ethyl adjacent to an activating group) is 1. The van der Waals surface area contributed by atoms with Gasteiger partial charge in [-0.1, -0.05) is 12.1 Å². The topological polar surface area (TPSA) is 56.2 Å². The molecule has 0 spiro atoms. The van der Waals surface area contributed by atoms with Crippen LogP contribution >= 0.6 is 0 Å². The fourth-order valence-corrected chi connectivity index (χ4v) is 1.65. The third-order valence-electron chi connectivity index (χ3n) is 2.39. The van der Waals surface area contributed by atoms with E-state index in [1.54, 1.807) is 19.2 Å². The number of carbonyl (C=O) groups excluding carboxylic acids is 1. The van der Waals surface area contributed by atoms with Crippen molar-refractivity contribution in [3.63, 3.8) is 0 Å². The van der Waals surface area contributed by atoms with Crippen molar-refractivity contribution in [3.05, 3.63) is 35.6 Å². The first-order valence-corrected chi connectivity index (χ1v) is 4.47. The first-order valence-electron chi connectivity index (χ1n) is 4.47. The van der Waals surface area contributed by atoms with Crippen molar-refractivity contribution >= 4 is 11.9 Å². The van der Waals surface area contributed by atoms with E-state index in [0.717, 1.165) is 0 Å². The molecule has 4 nitrogen and oxygen atoms in total. The van der Waals surface area contributed by atoms with Crippen LogP contribution in [0.4, 0.5) is 9.18 Å². The molecule has 1 heterocycles. The van der Waals surface area contributed by atoms with Gasteiger partial charge in [0.2, 0.25) is 0 Å². The van der Waals surface area contributed by atoms with Crippen molar-refractivity contribution < 1.29 is 9.18 Å². The SMILES string of the molecule is CN1C(=O)NC(=N)C1c1cccc(F)c1. The van der Waals surface area contributed by atoms with Crippen LogP contribution in [0.5, 0.6) is 0 Å². The Labute approximate surface area is 86.2 Å². The van der Waals surface area contributed by atoms with Crippen LogP contribution in [0.25, 0.3) is 0 Å². The number of amidine groups is 1. The predicted octanol–water partition coefficient (Wildman–Crippen LogP) is 1.50. The maximum absolute atomic E-state index is 13.0. The number of benzene rings is 1. The highest BCUT2D eigenvalue weighted by Gasteiger charge is 2.33. The quantitative estimate of drug-likeness (QED) is 0.720. The van der Waals surface area contributed by atoms with Crippen molar-refractivity contribution in [2.24, 2.45) is 0 Å². The summed E-state index contributed by atoms with van der Waals surface area (Å²) >= 11 is 0. The van der Waals surface area contributed by atoms with Crippen molar-refractivity contribution in [2.75, 3.05) is 7.05 Å². The van der Waals surface area contributed by atoms with Gasteiger partial charge in [-0.25, -0.2) is 9.18 Å². The monoisotopic (exact) mass is 207 g/mol. The van der Waals surface area contributed by atoms with E-state index in [1.165, 1.54) is 17.0 Å². The highest BCUT2D eigenvalue weighted by atomic mass is 19.1. The number of halogens is 1. The van der Waals surface area contributed by atoms with Gasteiger partial charge in [-0.05, 0) is 17.7 Å². The largest absolute Gasteiger partial charge is 0.323 e. The average molecular weight is 207 g/mol. The van der Waals surface area contributed by atoms with E-state index >= 15 is 0 Å². The molecule has 78 valence electrons. The molecule has 2 amide bonds. The zero-order valence-corrected chi connectivity index (χ0v) is 8.12. The molecule has 0 saturated carbocycles. The van der Waals surface area contributed by atoms with Crippen LogP contribution in [0.15, 0.2) is 24.3 Å². The molecule has 0 radical (unpaired) electrons. The molecule has 0 aliphatic carbocycles. The third kappa shape index (κ3) is 1.56. The molecule has 5 heteroatoms. The molecule has 1 atom stereocenters. The average Bonchev–Trinajstić information content (AvgIpc) is 2.41. The summed E-state index contributed by atoms with van der Waals surface area (Å²) in [7, 11) is 1.58. The number of nitrogens with one attached hydrogen (secondary N) is 2. The van der Waals surface area contributed by atoms with Crippen LogP contribution in [-0.4, -0.2) is 23.8 Å². The Morgan fingerprint density at radius 2 is 2.27 bits per heavy atom. The van der Waals surface area contributed by atoms with Crippen LogP contribution in [-0.2, 0) is 0 Å². The molecule has 15 heavy (non-hydrogen) atoms. The van der Waals surface area contributed by atoms with Crippen molar-refractivity contribution in [1.82, 2.24) is 10.2 Å². The second-order valence-corrected chi connectivity index (χ2v) is 3.41. The molecule has 1 aromatic rings. The Bertz CT molecular complexity index is 432. The predicted molar refractivity (Wildman–Crippen MR) is 53.2 cm³/mol. The number of hydrogen-bond donors (Lipinski definition) is 2. The Hall–Kier alpha value is -1.91. The summed E-state index contributed by atoms with van der Waals surface area (Å²) in [6, 6.07) is 5.07. The summed E-state index contributed by atoms with van der Waals surface area (Å²) in [5.41, 5.74) is 0.598. The lowest BCUT2D eigenvalue weighted by molar-refractivity contribution is 0.217. The molecule has 0 bridgehead atoms. The van der Waals surface area contributed by atoms with Gasteiger partial charge in [-0.3, -0.25) is 10.7 Å². The molecular weight excluding hydrogens is 197 g/mol. The molecule has 0 aromatic heterocycles. The number of rotatable bonds is 1. The maximum Gasteiger partial charge on any atom is 0.323 e. The van der Waals surface area contributed by atoms with E-state index in [-0.39, 0.29) is 17.7 Å². The van der Waals surface area contributed by atoms with Crippen molar-refractivity contribution in [1.29, 1.82) is 5.41 Å². The third-order valence-corrected chi connectivity index (χ3v) is 2.39. The lowest BCUT2D eigenvalue weighted by Crippen LogP contribution is -2.25. The molecule has 2 N–H and O–H groups in total. The van der Waals surface area contributed by atoms with Gasteiger partial charge in [0.15, 0.2) is 0 Å². The number of hydrogen-bond acceptors (Lipinski definition) is 2. The summed E-state index contributed by atoms with van der Waals surface area (Å²) in [6.07, 6.45) is 0. The Balaban J connectivity index is 2.39.